The van der Waals surface area contributed by atoms with E-state index in [2.05, 4.69) is 9.72 Å². The monoisotopic (exact) mass is 380 g/mol. The largest absolute Gasteiger partial charge is 0.462 e. The second-order valence-corrected chi connectivity index (χ2v) is 6.03. The number of hydrogen-bond donors (Lipinski definition) is 1. The molecule has 2 rings (SSSR count). The summed E-state index contributed by atoms with van der Waals surface area (Å²) in [5.74, 6) is -0.711. The van der Waals surface area contributed by atoms with Gasteiger partial charge < -0.3 is 19.4 Å². The summed E-state index contributed by atoms with van der Waals surface area (Å²) >= 11 is 0. The van der Waals surface area contributed by atoms with Crippen LogP contribution in [0.3, 0.4) is 0 Å². The number of aromatic nitrogens is 1. The van der Waals surface area contributed by atoms with Crippen LogP contribution >= 0.6 is 0 Å². The van der Waals surface area contributed by atoms with Crippen LogP contribution in [0.4, 0.5) is 8.78 Å². The SMILES string of the molecule is CCOC(=O)c1c(C)[nH]c(C(=O)N(C)Cc2ccc(OC(F)F)cc2)c1C. The lowest BCUT2D eigenvalue weighted by atomic mass is 10.1. The first-order valence-electron chi connectivity index (χ1n) is 8.40. The van der Waals surface area contributed by atoms with Gasteiger partial charge in [-0.2, -0.15) is 8.78 Å². The van der Waals surface area contributed by atoms with E-state index >= 15 is 0 Å². The lowest BCUT2D eigenvalue weighted by Gasteiger charge is -2.17. The Morgan fingerprint density at radius 3 is 2.37 bits per heavy atom. The molecule has 0 aliphatic rings. The fourth-order valence-electron chi connectivity index (χ4n) is 2.79. The molecule has 0 radical (unpaired) electrons. The first kappa shape index (κ1) is 20.4. The van der Waals surface area contributed by atoms with Gasteiger partial charge in [-0.15, -0.1) is 0 Å². The molecule has 0 unspecified atom stereocenters. The number of esters is 1. The Kier molecular flexibility index (Phi) is 6.55. The zero-order chi connectivity index (χ0) is 20.1. The highest BCUT2D eigenvalue weighted by atomic mass is 19.3. The molecule has 6 nitrogen and oxygen atoms in total. The van der Waals surface area contributed by atoms with Crippen molar-refractivity contribution in [3.63, 3.8) is 0 Å². The minimum absolute atomic E-state index is 0.0534. The number of nitrogens with zero attached hydrogens (tertiary/aromatic N) is 1. The molecule has 1 heterocycles. The van der Waals surface area contributed by atoms with E-state index in [1.54, 1.807) is 40.0 Å². The Labute approximate surface area is 156 Å². The van der Waals surface area contributed by atoms with Crippen LogP contribution in [-0.2, 0) is 11.3 Å². The number of H-pyrrole nitrogens is 1. The number of ether oxygens (including phenoxy) is 2. The fraction of sp³-hybridized carbons (Fsp3) is 0.368. The number of aryl methyl sites for hydroxylation is 1. The molecule has 2 aromatic rings. The van der Waals surface area contributed by atoms with Crippen molar-refractivity contribution in [1.82, 2.24) is 9.88 Å². The number of rotatable bonds is 7. The van der Waals surface area contributed by atoms with Gasteiger partial charge in [0.05, 0.1) is 12.2 Å². The minimum Gasteiger partial charge on any atom is -0.462 e. The Bertz CT molecular complexity index is 816. The van der Waals surface area contributed by atoms with E-state index in [1.165, 1.54) is 17.0 Å². The van der Waals surface area contributed by atoms with Crippen molar-refractivity contribution >= 4 is 11.9 Å². The number of carbonyl (C=O) groups is 2. The van der Waals surface area contributed by atoms with Gasteiger partial charge in [-0.25, -0.2) is 4.79 Å². The summed E-state index contributed by atoms with van der Waals surface area (Å²) in [5, 5.41) is 0. The second kappa shape index (κ2) is 8.66. The maximum Gasteiger partial charge on any atom is 0.387 e. The first-order chi connectivity index (χ1) is 12.7. The maximum absolute atomic E-state index is 12.7. The summed E-state index contributed by atoms with van der Waals surface area (Å²) in [6, 6.07) is 6.06. The second-order valence-electron chi connectivity index (χ2n) is 6.03. The van der Waals surface area contributed by atoms with Gasteiger partial charge in [-0.3, -0.25) is 4.79 Å². The molecular weight excluding hydrogens is 358 g/mol. The number of hydrogen-bond acceptors (Lipinski definition) is 4. The van der Waals surface area contributed by atoms with Gasteiger partial charge in [-0.05, 0) is 44.0 Å². The Balaban J connectivity index is 2.13. The molecule has 0 saturated carbocycles. The number of alkyl halides is 2. The molecule has 1 N–H and O–H groups in total. The number of aromatic amines is 1. The smallest absolute Gasteiger partial charge is 0.387 e. The Morgan fingerprint density at radius 2 is 1.81 bits per heavy atom. The Hall–Kier alpha value is -2.90. The zero-order valence-corrected chi connectivity index (χ0v) is 15.6. The van der Waals surface area contributed by atoms with E-state index in [0.717, 1.165) is 5.56 Å². The van der Waals surface area contributed by atoms with Crippen LogP contribution in [-0.4, -0.2) is 42.0 Å². The highest BCUT2D eigenvalue weighted by Gasteiger charge is 2.24. The van der Waals surface area contributed by atoms with Gasteiger partial charge in [-0.1, -0.05) is 12.1 Å². The average Bonchev–Trinajstić information content (AvgIpc) is 2.90. The van der Waals surface area contributed by atoms with E-state index in [1.807, 2.05) is 0 Å². The molecule has 146 valence electrons. The van der Waals surface area contributed by atoms with Crippen LogP contribution in [0.15, 0.2) is 24.3 Å². The van der Waals surface area contributed by atoms with Gasteiger partial charge in [0, 0.05) is 19.3 Å². The van der Waals surface area contributed by atoms with E-state index in [9.17, 15) is 18.4 Å². The van der Waals surface area contributed by atoms with Crippen molar-refractivity contribution in [3.8, 4) is 5.75 Å². The normalized spacial score (nSPS) is 10.8. The molecule has 8 heteroatoms. The number of carbonyl (C=O) groups excluding carboxylic acids is 2. The molecule has 0 saturated heterocycles. The van der Waals surface area contributed by atoms with Crippen molar-refractivity contribution in [3.05, 3.63) is 52.3 Å². The molecule has 1 aromatic carbocycles. The minimum atomic E-state index is -2.88. The van der Waals surface area contributed by atoms with Crippen LogP contribution in [0.1, 0.15) is 44.6 Å². The number of benzene rings is 1. The summed E-state index contributed by atoms with van der Waals surface area (Å²) in [7, 11) is 1.62. The van der Waals surface area contributed by atoms with Crippen LogP contribution in [0.25, 0.3) is 0 Å². The fourth-order valence-corrected chi connectivity index (χ4v) is 2.79. The molecule has 1 aromatic heterocycles. The molecule has 0 spiro atoms. The van der Waals surface area contributed by atoms with Crippen LogP contribution < -0.4 is 4.74 Å². The van der Waals surface area contributed by atoms with Crippen molar-refractivity contribution in [1.29, 1.82) is 0 Å². The van der Waals surface area contributed by atoms with Crippen molar-refractivity contribution < 1.29 is 27.8 Å². The molecule has 0 fully saturated rings. The number of amides is 1. The van der Waals surface area contributed by atoms with Gasteiger partial charge in [0.15, 0.2) is 0 Å². The van der Waals surface area contributed by atoms with E-state index in [4.69, 9.17) is 4.74 Å². The first-order valence-corrected chi connectivity index (χ1v) is 8.40. The van der Waals surface area contributed by atoms with Gasteiger partial charge in [0.25, 0.3) is 5.91 Å². The van der Waals surface area contributed by atoms with Crippen LogP contribution in [0.5, 0.6) is 5.75 Å². The number of nitrogens with one attached hydrogen (secondary N) is 1. The van der Waals surface area contributed by atoms with Crippen molar-refractivity contribution in [2.24, 2.45) is 0 Å². The lowest BCUT2D eigenvalue weighted by molar-refractivity contribution is -0.0498. The van der Waals surface area contributed by atoms with Gasteiger partial charge in [0.2, 0.25) is 0 Å². The molecule has 27 heavy (non-hydrogen) atoms. The van der Waals surface area contributed by atoms with Crippen LogP contribution in [0, 0.1) is 13.8 Å². The van der Waals surface area contributed by atoms with E-state index in [-0.39, 0.29) is 24.8 Å². The predicted molar refractivity (Wildman–Crippen MR) is 95.1 cm³/mol. The van der Waals surface area contributed by atoms with Crippen molar-refractivity contribution in [2.45, 2.75) is 33.9 Å². The highest BCUT2D eigenvalue weighted by Crippen LogP contribution is 2.21. The summed E-state index contributed by atoms with van der Waals surface area (Å²) < 4.78 is 33.7. The summed E-state index contributed by atoms with van der Waals surface area (Å²) in [5.41, 5.74) is 2.52. The topological polar surface area (TPSA) is 71.6 Å². The summed E-state index contributed by atoms with van der Waals surface area (Å²) in [6.45, 7) is 2.74. The lowest BCUT2D eigenvalue weighted by Crippen LogP contribution is -2.27. The molecule has 0 aliphatic heterocycles. The van der Waals surface area contributed by atoms with E-state index < -0.39 is 12.6 Å². The van der Waals surface area contributed by atoms with Gasteiger partial charge >= 0.3 is 12.6 Å². The average molecular weight is 380 g/mol. The molecule has 1 amide bonds. The third-order valence-electron chi connectivity index (χ3n) is 4.05. The zero-order valence-electron chi connectivity index (χ0n) is 15.6. The third kappa shape index (κ3) is 4.84. The molecule has 0 aliphatic carbocycles. The molecule has 0 atom stereocenters. The quantitative estimate of drug-likeness (QED) is 0.744. The predicted octanol–water partition coefficient (Wildman–Crippen LogP) is 3.68. The maximum atomic E-state index is 12.7. The molecule has 0 bridgehead atoms. The van der Waals surface area contributed by atoms with Crippen molar-refractivity contribution in [2.75, 3.05) is 13.7 Å². The number of halogens is 2. The van der Waals surface area contributed by atoms with E-state index in [0.29, 0.717) is 22.5 Å². The standard InChI is InChI=1S/C19H22F2N2O4/c1-5-26-18(25)15-11(2)16(22-12(15)3)17(24)23(4)10-13-6-8-14(9-7-13)27-19(20)21/h6-9,19,22H,5,10H2,1-4H3. The summed E-state index contributed by atoms with van der Waals surface area (Å²) in [6.07, 6.45) is 0. The van der Waals surface area contributed by atoms with Gasteiger partial charge in [0.1, 0.15) is 11.4 Å². The highest BCUT2D eigenvalue weighted by molar-refractivity contribution is 6.00. The molecular formula is C19H22F2N2O4. The Morgan fingerprint density at radius 1 is 1.19 bits per heavy atom. The van der Waals surface area contributed by atoms with Crippen LogP contribution in [0.2, 0.25) is 0 Å². The summed E-state index contributed by atoms with van der Waals surface area (Å²) in [4.78, 5) is 29.2. The third-order valence-corrected chi connectivity index (χ3v) is 4.05.